The zero-order valence-corrected chi connectivity index (χ0v) is 19.0. The third kappa shape index (κ3) is 6.73. The van der Waals surface area contributed by atoms with Gasteiger partial charge in [-0.05, 0) is 49.9 Å². The van der Waals surface area contributed by atoms with Crippen molar-refractivity contribution in [2.45, 2.75) is 64.6 Å². The van der Waals surface area contributed by atoms with Crippen LogP contribution in [0.15, 0.2) is 48.5 Å². The van der Waals surface area contributed by atoms with Gasteiger partial charge in [-0.15, -0.1) is 0 Å². The largest absolute Gasteiger partial charge is 0.484 e. The molecule has 0 saturated heterocycles. The van der Waals surface area contributed by atoms with Crippen molar-refractivity contribution >= 4 is 23.4 Å². The van der Waals surface area contributed by atoms with E-state index in [9.17, 15) is 9.59 Å². The maximum atomic E-state index is 13.2. The number of hydrogen-bond donors (Lipinski definition) is 1. The van der Waals surface area contributed by atoms with Crippen molar-refractivity contribution in [2.75, 3.05) is 6.61 Å². The minimum atomic E-state index is -0.545. The molecule has 2 aromatic rings. The zero-order chi connectivity index (χ0) is 22.2. The summed E-state index contributed by atoms with van der Waals surface area (Å²) in [6.45, 7) is 4.16. The summed E-state index contributed by atoms with van der Waals surface area (Å²) in [7, 11) is 0. The number of ether oxygens (including phenoxy) is 1. The Bertz CT molecular complexity index is 896. The van der Waals surface area contributed by atoms with Crippen LogP contribution in [0, 0.1) is 6.92 Å². The lowest BCUT2D eigenvalue weighted by molar-refractivity contribution is -0.143. The fourth-order valence-electron chi connectivity index (χ4n) is 4.08. The second-order valence-electron chi connectivity index (χ2n) is 8.17. The first-order chi connectivity index (χ1) is 15.0. The van der Waals surface area contributed by atoms with Crippen molar-refractivity contribution < 1.29 is 14.3 Å². The van der Waals surface area contributed by atoms with Crippen LogP contribution in [0.5, 0.6) is 5.75 Å². The lowest BCUT2D eigenvalue weighted by Crippen LogP contribution is -2.52. The molecule has 1 saturated carbocycles. The minimum absolute atomic E-state index is 0.0850. The Balaban J connectivity index is 1.76. The number of rotatable bonds is 9. The molecule has 0 spiro atoms. The molecule has 0 aromatic heterocycles. The summed E-state index contributed by atoms with van der Waals surface area (Å²) in [4.78, 5) is 28.0. The van der Waals surface area contributed by atoms with Gasteiger partial charge in [0.2, 0.25) is 5.91 Å². The topological polar surface area (TPSA) is 58.6 Å². The molecular formula is C25H31ClN2O3. The van der Waals surface area contributed by atoms with E-state index in [0.29, 0.717) is 23.7 Å². The number of halogens is 1. The van der Waals surface area contributed by atoms with Gasteiger partial charge in [0.25, 0.3) is 5.91 Å². The van der Waals surface area contributed by atoms with Crippen LogP contribution < -0.4 is 10.1 Å². The Morgan fingerprint density at radius 3 is 2.58 bits per heavy atom. The molecule has 1 atom stereocenters. The van der Waals surface area contributed by atoms with Gasteiger partial charge in [0.1, 0.15) is 11.8 Å². The van der Waals surface area contributed by atoms with Gasteiger partial charge >= 0.3 is 0 Å². The van der Waals surface area contributed by atoms with Gasteiger partial charge in [-0.2, -0.15) is 0 Å². The first-order valence-corrected chi connectivity index (χ1v) is 11.4. The predicted molar refractivity (Wildman–Crippen MR) is 123 cm³/mol. The Morgan fingerprint density at radius 1 is 1.16 bits per heavy atom. The molecule has 0 unspecified atom stereocenters. The molecule has 31 heavy (non-hydrogen) atoms. The first kappa shape index (κ1) is 23.1. The summed E-state index contributed by atoms with van der Waals surface area (Å²) in [5.74, 6) is 0.216. The number of hydrogen-bond acceptors (Lipinski definition) is 3. The number of aryl methyl sites for hydroxylation is 1. The fraction of sp³-hybridized carbons (Fsp3) is 0.440. The number of benzene rings is 2. The normalized spacial score (nSPS) is 14.8. The zero-order valence-electron chi connectivity index (χ0n) is 18.3. The van der Waals surface area contributed by atoms with Crippen LogP contribution in [0.3, 0.4) is 0 Å². The second-order valence-corrected chi connectivity index (χ2v) is 8.61. The Morgan fingerprint density at radius 2 is 1.90 bits per heavy atom. The molecule has 2 aromatic carbocycles. The molecule has 6 heteroatoms. The molecule has 0 radical (unpaired) electrons. The summed E-state index contributed by atoms with van der Waals surface area (Å²) in [6.07, 6.45) is 4.83. The van der Waals surface area contributed by atoms with Crippen LogP contribution in [-0.4, -0.2) is 35.4 Å². The molecule has 0 bridgehead atoms. The first-order valence-electron chi connectivity index (χ1n) is 11.0. The smallest absolute Gasteiger partial charge is 0.261 e. The van der Waals surface area contributed by atoms with Crippen molar-refractivity contribution in [3.8, 4) is 5.75 Å². The second kappa shape index (κ2) is 11.2. The SMILES string of the molecule is CC[C@H](C(=O)NC1CCCC1)N(Cc1cccc(C)c1)C(=O)COc1cccc(Cl)c1. The molecule has 1 N–H and O–H groups in total. The van der Waals surface area contributed by atoms with Gasteiger partial charge in [0, 0.05) is 17.6 Å². The molecule has 5 nitrogen and oxygen atoms in total. The quantitative estimate of drug-likeness (QED) is 0.601. The maximum absolute atomic E-state index is 13.2. The summed E-state index contributed by atoms with van der Waals surface area (Å²) >= 11 is 6.01. The Labute approximate surface area is 189 Å². The van der Waals surface area contributed by atoms with E-state index in [0.717, 1.165) is 36.8 Å². The van der Waals surface area contributed by atoms with E-state index >= 15 is 0 Å². The molecule has 1 aliphatic rings. The maximum Gasteiger partial charge on any atom is 0.261 e. The number of amides is 2. The summed E-state index contributed by atoms with van der Waals surface area (Å²) < 4.78 is 5.69. The predicted octanol–water partition coefficient (Wildman–Crippen LogP) is 4.89. The van der Waals surface area contributed by atoms with Gasteiger partial charge in [-0.1, -0.05) is 67.3 Å². The highest BCUT2D eigenvalue weighted by atomic mass is 35.5. The molecule has 0 heterocycles. The highest BCUT2D eigenvalue weighted by Gasteiger charge is 2.30. The van der Waals surface area contributed by atoms with Crippen molar-refractivity contribution in [1.82, 2.24) is 10.2 Å². The Kier molecular flexibility index (Phi) is 8.35. The van der Waals surface area contributed by atoms with Crippen LogP contribution in [0.2, 0.25) is 5.02 Å². The van der Waals surface area contributed by atoms with Crippen molar-refractivity contribution in [3.63, 3.8) is 0 Å². The lowest BCUT2D eigenvalue weighted by Gasteiger charge is -2.31. The number of nitrogens with zero attached hydrogens (tertiary/aromatic N) is 1. The third-order valence-corrected chi connectivity index (χ3v) is 5.92. The van der Waals surface area contributed by atoms with Crippen LogP contribution in [0.4, 0.5) is 0 Å². The van der Waals surface area contributed by atoms with Gasteiger partial charge in [0.15, 0.2) is 6.61 Å². The lowest BCUT2D eigenvalue weighted by atomic mass is 10.1. The van der Waals surface area contributed by atoms with E-state index in [1.54, 1.807) is 29.2 Å². The van der Waals surface area contributed by atoms with E-state index in [1.165, 1.54) is 0 Å². The van der Waals surface area contributed by atoms with Crippen molar-refractivity contribution in [1.29, 1.82) is 0 Å². The monoisotopic (exact) mass is 442 g/mol. The molecule has 2 amide bonds. The fourth-order valence-corrected chi connectivity index (χ4v) is 4.26. The number of carbonyl (C=O) groups excluding carboxylic acids is 2. The average molecular weight is 443 g/mol. The van der Waals surface area contributed by atoms with E-state index in [-0.39, 0.29) is 24.5 Å². The number of nitrogens with one attached hydrogen (secondary N) is 1. The standard InChI is InChI=1S/C25H31ClN2O3/c1-3-23(25(30)27-21-11-4-5-12-21)28(16-19-9-6-8-18(2)14-19)24(29)17-31-22-13-7-10-20(26)15-22/h6-10,13-15,21,23H,3-5,11-12,16-17H2,1-2H3,(H,27,30)/t23-/m1/s1. The van der Waals surface area contributed by atoms with E-state index in [1.807, 2.05) is 38.1 Å². The molecule has 166 valence electrons. The van der Waals surface area contributed by atoms with E-state index < -0.39 is 6.04 Å². The highest BCUT2D eigenvalue weighted by molar-refractivity contribution is 6.30. The van der Waals surface area contributed by atoms with Gasteiger partial charge < -0.3 is 15.0 Å². The molecule has 3 rings (SSSR count). The van der Waals surface area contributed by atoms with Crippen LogP contribution in [0.1, 0.15) is 50.2 Å². The molecular weight excluding hydrogens is 412 g/mol. The summed E-state index contributed by atoms with van der Waals surface area (Å²) in [5.41, 5.74) is 2.10. The molecule has 1 fully saturated rings. The summed E-state index contributed by atoms with van der Waals surface area (Å²) in [6, 6.07) is 14.6. The molecule has 0 aliphatic heterocycles. The summed E-state index contributed by atoms with van der Waals surface area (Å²) in [5, 5.41) is 3.70. The number of carbonyl (C=O) groups is 2. The van der Waals surface area contributed by atoms with Crippen LogP contribution in [-0.2, 0) is 16.1 Å². The van der Waals surface area contributed by atoms with E-state index in [2.05, 4.69) is 5.32 Å². The van der Waals surface area contributed by atoms with Crippen molar-refractivity contribution in [2.24, 2.45) is 0 Å². The van der Waals surface area contributed by atoms with Gasteiger partial charge in [-0.25, -0.2) is 0 Å². The Hall–Kier alpha value is -2.53. The van der Waals surface area contributed by atoms with Crippen LogP contribution in [0.25, 0.3) is 0 Å². The third-order valence-electron chi connectivity index (χ3n) is 5.68. The van der Waals surface area contributed by atoms with Crippen LogP contribution >= 0.6 is 11.6 Å². The van der Waals surface area contributed by atoms with Crippen molar-refractivity contribution in [3.05, 3.63) is 64.7 Å². The minimum Gasteiger partial charge on any atom is -0.484 e. The van der Waals surface area contributed by atoms with E-state index in [4.69, 9.17) is 16.3 Å². The highest BCUT2D eigenvalue weighted by Crippen LogP contribution is 2.20. The van der Waals surface area contributed by atoms with Gasteiger partial charge in [0.05, 0.1) is 0 Å². The molecule has 1 aliphatic carbocycles. The average Bonchev–Trinajstić information content (AvgIpc) is 3.25. The van der Waals surface area contributed by atoms with Gasteiger partial charge in [-0.3, -0.25) is 9.59 Å².